The van der Waals surface area contributed by atoms with Gasteiger partial charge in [-0.25, -0.2) is 0 Å². The summed E-state index contributed by atoms with van der Waals surface area (Å²) < 4.78 is 4.68. The van der Waals surface area contributed by atoms with E-state index in [4.69, 9.17) is 0 Å². The minimum Gasteiger partial charge on any atom is -0.469 e. The molecule has 1 fully saturated rings. The van der Waals surface area contributed by atoms with Crippen molar-refractivity contribution in [2.24, 2.45) is 5.92 Å². The molecule has 5 heteroatoms. The van der Waals surface area contributed by atoms with Crippen molar-refractivity contribution in [2.45, 2.75) is 20.0 Å². The summed E-state index contributed by atoms with van der Waals surface area (Å²) in [5, 5.41) is 9.38. The second kappa shape index (κ2) is 5.40. The highest BCUT2D eigenvalue weighted by Crippen LogP contribution is 2.29. The van der Waals surface area contributed by atoms with Gasteiger partial charge in [0.15, 0.2) is 0 Å². The van der Waals surface area contributed by atoms with Gasteiger partial charge in [0.1, 0.15) is 0 Å². The summed E-state index contributed by atoms with van der Waals surface area (Å²) in [6.45, 7) is 2.09. The summed E-state index contributed by atoms with van der Waals surface area (Å²) in [6, 6.07) is 5.53. The molecule has 0 spiro atoms. The van der Waals surface area contributed by atoms with Crippen molar-refractivity contribution in [1.29, 1.82) is 0 Å². The van der Waals surface area contributed by atoms with Gasteiger partial charge >= 0.3 is 5.97 Å². The van der Waals surface area contributed by atoms with Crippen LogP contribution in [0.4, 0.5) is 5.69 Å². The number of rotatable bonds is 3. The number of carbonyl (C=O) groups excluding carboxylic acids is 2. The highest BCUT2D eigenvalue weighted by Gasteiger charge is 2.36. The van der Waals surface area contributed by atoms with Gasteiger partial charge in [0.2, 0.25) is 5.91 Å². The monoisotopic (exact) mass is 263 g/mol. The second-order valence-corrected chi connectivity index (χ2v) is 4.72. The van der Waals surface area contributed by atoms with E-state index in [2.05, 4.69) is 4.74 Å². The number of ether oxygens (including phenoxy) is 1. The van der Waals surface area contributed by atoms with E-state index >= 15 is 0 Å². The van der Waals surface area contributed by atoms with Crippen molar-refractivity contribution >= 4 is 17.6 Å². The molecule has 1 atom stereocenters. The Morgan fingerprint density at radius 3 is 2.89 bits per heavy atom. The zero-order chi connectivity index (χ0) is 14.0. The quantitative estimate of drug-likeness (QED) is 0.827. The van der Waals surface area contributed by atoms with Crippen LogP contribution in [0.15, 0.2) is 18.2 Å². The number of hydrogen-bond donors (Lipinski definition) is 1. The van der Waals surface area contributed by atoms with Gasteiger partial charge in [-0.2, -0.15) is 0 Å². The fourth-order valence-electron chi connectivity index (χ4n) is 2.37. The van der Waals surface area contributed by atoms with E-state index in [0.717, 1.165) is 5.56 Å². The van der Waals surface area contributed by atoms with Crippen LogP contribution < -0.4 is 4.90 Å². The highest BCUT2D eigenvalue weighted by molar-refractivity contribution is 6.00. The van der Waals surface area contributed by atoms with Gasteiger partial charge < -0.3 is 14.7 Å². The molecule has 0 saturated carbocycles. The maximum absolute atomic E-state index is 12.0. The van der Waals surface area contributed by atoms with Crippen LogP contribution in [0.5, 0.6) is 0 Å². The van der Waals surface area contributed by atoms with Crippen LogP contribution in [0.25, 0.3) is 0 Å². The van der Waals surface area contributed by atoms with Gasteiger partial charge in [-0.15, -0.1) is 0 Å². The van der Waals surface area contributed by atoms with Gasteiger partial charge in [-0.3, -0.25) is 9.59 Å². The molecule has 0 aromatic heterocycles. The molecule has 102 valence electrons. The van der Waals surface area contributed by atoms with Gasteiger partial charge in [0, 0.05) is 24.2 Å². The lowest BCUT2D eigenvalue weighted by atomic mass is 10.1. The van der Waals surface area contributed by atoms with Crippen LogP contribution >= 0.6 is 0 Å². The smallest absolute Gasteiger partial charge is 0.311 e. The fourth-order valence-corrected chi connectivity index (χ4v) is 2.37. The van der Waals surface area contributed by atoms with E-state index in [1.807, 2.05) is 19.1 Å². The SMILES string of the molecule is COC(=O)C1CC(=O)N(c2ccc(C)cc2CO)C1. The van der Waals surface area contributed by atoms with Crippen molar-refractivity contribution in [3.8, 4) is 0 Å². The number of anilines is 1. The summed E-state index contributed by atoms with van der Waals surface area (Å²) in [5.41, 5.74) is 2.38. The first kappa shape index (κ1) is 13.5. The van der Waals surface area contributed by atoms with Crippen LogP contribution in [-0.2, 0) is 20.9 Å². The van der Waals surface area contributed by atoms with Crippen LogP contribution in [0.2, 0.25) is 0 Å². The van der Waals surface area contributed by atoms with Gasteiger partial charge in [-0.1, -0.05) is 17.7 Å². The third-order valence-electron chi connectivity index (χ3n) is 3.36. The minimum absolute atomic E-state index is 0.117. The van der Waals surface area contributed by atoms with E-state index in [9.17, 15) is 14.7 Å². The van der Waals surface area contributed by atoms with Gasteiger partial charge in [0.05, 0.1) is 19.6 Å². The van der Waals surface area contributed by atoms with E-state index in [1.54, 1.807) is 11.0 Å². The predicted octanol–water partition coefficient (Wildman–Crippen LogP) is 1.01. The Labute approximate surface area is 111 Å². The number of carbonyl (C=O) groups is 2. The van der Waals surface area contributed by atoms with Crippen molar-refractivity contribution in [1.82, 2.24) is 0 Å². The summed E-state index contributed by atoms with van der Waals surface area (Å²) in [5.74, 6) is -0.909. The number of aryl methyl sites for hydroxylation is 1. The normalized spacial score (nSPS) is 18.8. The largest absolute Gasteiger partial charge is 0.469 e. The van der Waals surface area contributed by atoms with Crippen LogP contribution in [-0.4, -0.2) is 30.6 Å². The van der Waals surface area contributed by atoms with E-state index in [-0.39, 0.29) is 24.9 Å². The highest BCUT2D eigenvalue weighted by atomic mass is 16.5. The van der Waals surface area contributed by atoms with Crippen molar-refractivity contribution in [3.63, 3.8) is 0 Å². The molecule has 1 aliphatic heterocycles. The van der Waals surface area contributed by atoms with Crippen LogP contribution in [0, 0.1) is 12.8 Å². The Bertz CT molecular complexity index is 512. The van der Waals surface area contributed by atoms with Gasteiger partial charge in [0.25, 0.3) is 0 Å². The molecule has 1 saturated heterocycles. The Hall–Kier alpha value is -1.88. The van der Waals surface area contributed by atoms with Crippen molar-refractivity contribution in [3.05, 3.63) is 29.3 Å². The number of hydrogen-bond acceptors (Lipinski definition) is 4. The summed E-state index contributed by atoms with van der Waals surface area (Å²) in [6.07, 6.45) is 0.158. The Morgan fingerprint density at radius 1 is 1.53 bits per heavy atom. The molecule has 2 rings (SSSR count). The molecule has 0 aliphatic carbocycles. The molecule has 1 unspecified atom stereocenters. The Morgan fingerprint density at radius 2 is 2.26 bits per heavy atom. The predicted molar refractivity (Wildman–Crippen MR) is 69.6 cm³/mol. The van der Waals surface area contributed by atoms with Crippen LogP contribution in [0.1, 0.15) is 17.5 Å². The molecule has 19 heavy (non-hydrogen) atoms. The maximum Gasteiger partial charge on any atom is 0.311 e. The average Bonchev–Trinajstić information content (AvgIpc) is 2.79. The zero-order valence-corrected chi connectivity index (χ0v) is 11.0. The molecule has 5 nitrogen and oxygen atoms in total. The molecular formula is C14H17NO4. The Kier molecular flexibility index (Phi) is 3.85. The molecule has 1 aromatic carbocycles. The number of methoxy groups -OCH3 is 1. The van der Waals surface area contributed by atoms with E-state index in [0.29, 0.717) is 17.8 Å². The number of esters is 1. The summed E-state index contributed by atoms with van der Waals surface area (Å²) in [4.78, 5) is 25.0. The first-order valence-electron chi connectivity index (χ1n) is 6.15. The standard InChI is InChI=1S/C14H17NO4/c1-9-3-4-12(11(5-9)8-16)15-7-10(6-13(15)17)14(18)19-2/h3-5,10,16H,6-8H2,1-2H3. The van der Waals surface area contributed by atoms with E-state index in [1.165, 1.54) is 7.11 Å². The number of aliphatic hydroxyl groups excluding tert-OH is 1. The van der Waals surface area contributed by atoms with E-state index < -0.39 is 5.92 Å². The number of benzene rings is 1. The lowest BCUT2D eigenvalue weighted by molar-refractivity contribution is -0.145. The molecule has 1 heterocycles. The average molecular weight is 263 g/mol. The summed E-state index contributed by atoms with van der Waals surface area (Å²) in [7, 11) is 1.32. The molecule has 0 radical (unpaired) electrons. The number of aliphatic hydroxyl groups is 1. The summed E-state index contributed by atoms with van der Waals surface area (Å²) >= 11 is 0. The number of nitrogens with zero attached hydrogens (tertiary/aromatic N) is 1. The third-order valence-corrected chi connectivity index (χ3v) is 3.36. The van der Waals surface area contributed by atoms with Crippen LogP contribution in [0.3, 0.4) is 0 Å². The van der Waals surface area contributed by atoms with Crippen molar-refractivity contribution < 1.29 is 19.4 Å². The minimum atomic E-state index is -0.426. The zero-order valence-electron chi connectivity index (χ0n) is 11.0. The first-order chi connectivity index (χ1) is 9.06. The molecule has 1 aliphatic rings. The molecule has 1 aromatic rings. The lowest BCUT2D eigenvalue weighted by Crippen LogP contribution is -2.27. The molecule has 1 amide bonds. The molecular weight excluding hydrogens is 246 g/mol. The number of amides is 1. The fraction of sp³-hybridized carbons (Fsp3) is 0.429. The van der Waals surface area contributed by atoms with Gasteiger partial charge in [-0.05, 0) is 13.0 Å². The maximum atomic E-state index is 12.0. The molecule has 0 bridgehead atoms. The third kappa shape index (κ3) is 2.61. The lowest BCUT2D eigenvalue weighted by Gasteiger charge is -2.20. The van der Waals surface area contributed by atoms with Crippen molar-refractivity contribution in [2.75, 3.05) is 18.6 Å². The first-order valence-corrected chi connectivity index (χ1v) is 6.15. The topological polar surface area (TPSA) is 66.8 Å². The molecule has 1 N–H and O–H groups in total. The Balaban J connectivity index is 2.28. The second-order valence-electron chi connectivity index (χ2n) is 4.72.